The lowest BCUT2D eigenvalue weighted by Gasteiger charge is -2.10. The Bertz CT molecular complexity index is 447. The van der Waals surface area contributed by atoms with Gasteiger partial charge in [0, 0.05) is 29.6 Å². The first-order valence-corrected chi connectivity index (χ1v) is 7.26. The van der Waals surface area contributed by atoms with Crippen LogP contribution in [0.5, 0.6) is 0 Å². The molecule has 1 aliphatic rings. The molecule has 0 aliphatic carbocycles. The molecule has 0 radical (unpaired) electrons. The number of halogens is 2. The standard InChI is InChI=1S/C14H17BrFNO2/c15-11-4-3-10(13(16)8-11)9-17-14(18)6-5-12-2-1-7-19-12/h3-4,8,12H,1-2,5-7,9H2,(H,17,18)/t12-/m1/s1. The highest BCUT2D eigenvalue weighted by Gasteiger charge is 2.16. The minimum absolute atomic E-state index is 0.0576. The third-order valence-electron chi connectivity index (χ3n) is 3.21. The smallest absolute Gasteiger partial charge is 0.220 e. The molecule has 5 heteroatoms. The molecule has 3 nitrogen and oxygen atoms in total. The van der Waals surface area contributed by atoms with Crippen LogP contribution in [0.4, 0.5) is 4.39 Å². The minimum atomic E-state index is -0.311. The van der Waals surface area contributed by atoms with Gasteiger partial charge in [0.15, 0.2) is 0 Å². The fraction of sp³-hybridized carbons (Fsp3) is 0.500. The van der Waals surface area contributed by atoms with Crippen LogP contribution < -0.4 is 5.32 Å². The zero-order valence-corrected chi connectivity index (χ0v) is 12.2. The third kappa shape index (κ3) is 4.58. The molecule has 1 N–H and O–H groups in total. The molecule has 1 fully saturated rings. The lowest BCUT2D eigenvalue weighted by atomic mass is 10.1. The van der Waals surface area contributed by atoms with Gasteiger partial charge in [-0.15, -0.1) is 0 Å². The van der Waals surface area contributed by atoms with Gasteiger partial charge in [0.05, 0.1) is 6.10 Å². The van der Waals surface area contributed by atoms with Crippen molar-refractivity contribution in [2.45, 2.75) is 38.3 Å². The molecule has 0 unspecified atom stereocenters. The lowest BCUT2D eigenvalue weighted by molar-refractivity contribution is -0.121. The molecule has 0 spiro atoms. The van der Waals surface area contributed by atoms with Crippen LogP contribution in [0.15, 0.2) is 22.7 Å². The molecular weight excluding hydrogens is 313 g/mol. The zero-order valence-electron chi connectivity index (χ0n) is 10.6. The molecule has 1 atom stereocenters. The molecule has 0 aromatic heterocycles. The highest BCUT2D eigenvalue weighted by atomic mass is 79.9. The fourth-order valence-corrected chi connectivity index (χ4v) is 2.44. The topological polar surface area (TPSA) is 38.3 Å². The highest BCUT2D eigenvalue weighted by molar-refractivity contribution is 9.10. The molecule has 2 rings (SSSR count). The van der Waals surface area contributed by atoms with Gasteiger partial charge < -0.3 is 10.1 Å². The van der Waals surface area contributed by atoms with Gasteiger partial charge in [-0.05, 0) is 31.4 Å². The Kier molecular flexibility index (Phi) is 5.34. The maximum Gasteiger partial charge on any atom is 0.220 e. The largest absolute Gasteiger partial charge is 0.378 e. The number of rotatable bonds is 5. The van der Waals surface area contributed by atoms with Gasteiger partial charge in [-0.1, -0.05) is 22.0 Å². The van der Waals surface area contributed by atoms with E-state index in [2.05, 4.69) is 21.2 Å². The van der Waals surface area contributed by atoms with E-state index in [0.717, 1.165) is 25.9 Å². The van der Waals surface area contributed by atoms with Crippen molar-refractivity contribution in [3.63, 3.8) is 0 Å². The van der Waals surface area contributed by atoms with Crippen molar-refractivity contribution >= 4 is 21.8 Å². The van der Waals surface area contributed by atoms with Crippen LogP contribution in [0.1, 0.15) is 31.2 Å². The average Bonchev–Trinajstić information content (AvgIpc) is 2.88. The molecule has 0 bridgehead atoms. The normalized spacial score (nSPS) is 18.5. The van der Waals surface area contributed by atoms with Crippen molar-refractivity contribution in [1.82, 2.24) is 5.32 Å². The predicted molar refractivity (Wildman–Crippen MR) is 74.2 cm³/mol. The van der Waals surface area contributed by atoms with Crippen LogP contribution in [-0.2, 0) is 16.1 Å². The van der Waals surface area contributed by atoms with E-state index >= 15 is 0 Å². The zero-order chi connectivity index (χ0) is 13.7. The maximum absolute atomic E-state index is 13.5. The van der Waals surface area contributed by atoms with Crippen LogP contribution in [-0.4, -0.2) is 18.6 Å². The molecule has 1 aromatic carbocycles. The van der Waals surface area contributed by atoms with Crippen molar-refractivity contribution < 1.29 is 13.9 Å². The highest BCUT2D eigenvalue weighted by Crippen LogP contribution is 2.17. The molecule has 1 amide bonds. The number of carbonyl (C=O) groups is 1. The first kappa shape index (κ1) is 14.5. The van der Waals surface area contributed by atoms with E-state index in [1.165, 1.54) is 6.07 Å². The van der Waals surface area contributed by atoms with E-state index in [4.69, 9.17) is 4.74 Å². The summed E-state index contributed by atoms with van der Waals surface area (Å²) in [6, 6.07) is 4.82. The molecule has 1 saturated heterocycles. The van der Waals surface area contributed by atoms with Gasteiger partial charge in [0.25, 0.3) is 0 Å². The number of hydrogen-bond acceptors (Lipinski definition) is 2. The third-order valence-corrected chi connectivity index (χ3v) is 3.70. The lowest BCUT2D eigenvalue weighted by Crippen LogP contribution is -2.24. The summed E-state index contributed by atoms with van der Waals surface area (Å²) >= 11 is 3.20. The van der Waals surface area contributed by atoms with Crippen molar-refractivity contribution in [3.8, 4) is 0 Å². The van der Waals surface area contributed by atoms with E-state index in [0.29, 0.717) is 16.5 Å². The molecular formula is C14H17BrFNO2. The van der Waals surface area contributed by atoms with E-state index in [9.17, 15) is 9.18 Å². The van der Waals surface area contributed by atoms with Crippen LogP contribution >= 0.6 is 15.9 Å². The summed E-state index contributed by atoms with van der Waals surface area (Å²) in [6.07, 6.45) is 3.51. The summed E-state index contributed by atoms with van der Waals surface area (Å²) in [4.78, 5) is 11.7. The van der Waals surface area contributed by atoms with Crippen LogP contribution in [0.2, 0.25) is 0 Å². The van der Waals surface area contributed by atoms with Crippen molar-refractivity contribution in [3.05, 3.63) is 34.1 Å². The Labute approximate surface area is 120 Å². The molecule has 19 heavy (non-hydrogen) atoms. The van der Waals surface area contributed by atoms with Crippen LogP contribution in [0, 0.1) is 5.82 Å². The van der Waals surface area contributed by atoms with Gasteiger partial charge in [0.2, 0.25) is 5.91 Å². The second kappa shape index (κ2) is 7.01. The van der Waals surface area contributed by atoms with Crippen LogP contribution in [0.3, 0.4) is 0 Å². The average molecular weight is 330 g/mol. The summed E-state index contributed by atoms with van der Waals surface area (Å²) in [7, 11) is 0. The quantitative estimate of drug-likeness (QED) is 0.901. The first-order valence-electron chi connectivity index (χ1n) is 6.47. The molecule has 1 aliphatic heterocycles. The van der Waals surface area contributed by atoms with Gasteiger partial charge in [-0.3, -0.25) is 4.79 Å². The van der Waals surface area contributed by atoms with Gasteiger partial charge in [-0.2, -0.15) is 0 Å². The van der Waals surface area contributed by atoms with Crippen molar-refractivity contribution in [1.29, 1.82) is 0 Å². The Balaban J connectivity index is 1.73. The van der Waals surface area contributed by atoms with Gasteiger partial charge in [-0.25, -0.2) is 4.39 Å². The molecule has 104 valence electrons. The minimum Gasteiger partial charge on any atom is -0.378 e. The summed E-state index contributed by atoms with van der Waals surface area (Å²) in [5.41, 5.74) is 0.494. The number of nitrogens with one attached hydrogen (secondary N) is 1. The summed E-state index contributed by atoms with van der Waals surface area (Å²) < 4.78 is 19.7. The second-order valence-electron chi connectivity index (χ2n) is 4.69. The monoisotopic (exact) mass is 329 g/mol. The van der Waals surface area contributed by atoms with E-state index in [1.54, 1.807) is 12.1 Å². The molecule has 1 heterocycles. The number of amides is 1. The van der Waals surface area contributed by atoms with E-state index in [1.807, 2.05) is 0 Å². The molecule has 1 aromatic rings. The van der Waals surface area contributed by atoms with Crippen molar-refractivity contribution in [2.75, 3.05) is 6.61 Å². The van der Waals surface area contributed by atoms with Gasteiger partial charge >= 0.3 is 0 Å². The van der Waals surface area contributed by atoms with Crippen molar-refractivity contribution in [2.24, 2.45) is 0 Å². The predicted octanol–water partition coefficient (Wildman–Crippen LogP) is 3.16. The Morgan fingerprint density at radius 2 is 2.37 bits per heavy atom. The summed E-state index contributed by atoms with van der Waals surface area (Å²) in [5.74, 6) is -0.369. The van der Waals surface area contributed by atoms with E-state index in [-0.39, 0.29) is 24.4 Å². The Morgan fingerprint density at radius 1 is 1.53 bits per heavy atom. The van der Waals surface area contributed by atoms with Gasteiger partial charge in [0.1, 0.15) is 5.82 Å². The number of benzene rings is 1. The fourth-order valence-electron chi connectivity index (χ4n) is 2.11. The van der Waals surface area contributed by atoms with Crippen LogP contribution in [0.25, 0.3) is 0 Å². The summed E-state index contributed by atoms with van der Waals surface area (Å²) in [6.45, 7) is 1.03. The first-order chi connectivity index (χ1) is 9.15. The number of ether oxygens (including phenoxy) is 1. The maximum atomic E-state index is 13.5. The molecule has 0 saturated carbocycles. The number of carbonyl (C=O) groups excluding carboxylic acids is 1. The summed E-state index contributed by atoms with van der Waals surface area (Å²) in [5, 5.41) is 2.73. The van der Waals surface area contributed by atoms with E-state index < -0.39 is 0 Å². The Hall–Kier alpha value is -0.940. The SMILES string of the molecule is O=C(CC[C@H]1CCCO1)NCc1ccc(Br)cc1F. The Morgan fingerprint density at radius 3 is 3.05 bits per heavy atom. The second-order valence-corrected chi connectivity index (χ2v) is 5.60. The number of hydrogen-bond donors (Lipinski definition) is 1.